The third kappa shape index (κ3) is 3.44. The lowest BCUT2D eigenvalue weighted by molar-refractivity contribution is -0.0379. The van der Waals surface area contributed by atoms with Crippen LogP contribution in [-0.4, -0.2) is 29.8 Å². The Bertz CT molecular complexity index is 1620. The Hall–Kier alpha value is -2.78. The highest BCUT2D eigenvalue weighted by molar-refractivity contribution is 7.19. The monoisotopic (exact) mass is 511 g/mol. The predicted octanol–water partition coefficient (Wildman–Crippen LogP) is 5.37. The maximum Gasteiger partial charge on any atom is 0.352 e. The minimum absolute atomic E-state index is 0.218. The van der Waals surface area contributed by atoms with Crippen LogP contribution in [0.4, 0.5) is 0 Å². The second-order valence-electron chi connectivity index (χ2n) is 8.89. The molecule has 0 saturated carbocycles. The van der Waals surface area contributed by atoms with Crippen molar-refractivity contribution in [3.05, 3.63) is 79.3 Å². The third-order valence-corrected chi connectivity index (χ3v) is 7.99. The van der Waals surface area contributed by atoms with E-state index in [2.05, 4.69) is 23.9 Å². The van der Waals surface area contributed by atoms with E-state index in [9.17, 15) is 4.79 Å². The lowest BCUT2D eigenvalue weighted by Gasteiger charge is -2.30. The first-order valence-electron chi connectivity index (χ1n) is 10.7. The normalized spacial score (nSPS) is 15.2. The van der Waals surface area contributed by atoms with Gasteiger partial charge in [0, 0.05) is 44.9 Å². The molecule has 6 rings (SSSR count). The second kappa shape index (κ2) is 7.88. The van der Waals surface area contributed by atoms with Crippen LogP contribution in [0.2, 0.25) is 10.0 Å². The molecule has 0 saturated heterocycles. The zero-order chi connectivity index (χ0) is 23.6. The van der Waals surface area contributed by atoms with Gasteiger partial charge in [-0.05, 0) is 43.7 Å². The van der Waals surface area contributed by atoms with E-state index in [1.165, 1.54) is 4.52 Å². The lowest BCUT2D eigenvalue weighted by Crippen LogP contribution is -2.31. The van der Waals surface area contributed by atoms with Crippen LogP contribution in [0, 0.1) is 0 Å². The van der Waals surface area contributed by atoms with Crippen molar-refractivity contribution in [3.63, 3.8) is 0 Å². The van der Waals surface area contributed by atoms with E-state index >= 15 is 0 Å². The Morgan fingerprint density at radius 1 is 1.18 bits per heavy atom. The van der Waals surface area contributed by atoms with Crippen molar-refractivity contribution in [2.45, 2.75) is 39.0 Å². The van der Waals surface area contributed by atoms with Gasteiger partial charge in [-0.1, -0.05) is 29.3 Å². The molecule has 7 nitrogen and oxygen atoms in total. The molecule has 0 amide bonds. The molecule has 5 aromatic rings. The van der Waals surface area contributed by atoms with Crippen LogP contribution in [0.25, 0.3) is 27.3 Å². The molecule has 5 heterocycles. The van der Waals surface area contributed by atoms with Gasteiger partial charge in [0.15, 0.2) is 11.5 Å². The third-order valence-electron chi connectivity index (χ3n) is 6.05. The standard InChI is InChI=1S/C24H19Cl2N5O2S/c1-24(2)9-14-18(12-33-24)34-22-19(14)21-28-20(13-5-4-8-27-10-13)29-31(21)23(32)30(22)11-15-16(25)6-3-7-17(15)26/h3-8,10H,9,11-12H2,1-2H3. The number of thiophene rings is 1. The number of nitrogens with zero attached hydrogens (tertiary/aromatic N) is 5. The van der Waals surface area contributed by atoms with Crippen LogP contribution in [0.15, 0.2) is 47.5 Å². The minimum Gasteiger partial charge on any atom is -0.370 e. The topological polar surface area (TPSA) is 74.3 Å². The fourth-order valence-corrected chi connectivity index (χ4v) is 6.10. The quantitative estimate of drug-likeness (QED) is 0.325. The van der Waals surface area contributed by atoms with Crippen molar-refractivity contribution in [3.8, 4) is 11.4 Å². The predicted molar refractivity (Wildman–Crippen MR) is 134 cm³/mol. The van der Waals surface area contributed by atoms with Crippen LogP contribution < -0.4 is 5.69 Å². The van der Waals surface area contributed by atoms with Crippen molar-refractivity contribution in [1.82, 2.24) is 24.1 Å². The Morgan fingerprint density at radius 2 is 1.97 bits per heavy atom. The molecule has 10 heteroatoms. The van der Waals surface area contributed by atoms with Gasteiger partial charge in [-0.3, -0.25) is 9.55 Å². The van der Waals surface area contributed by atoms with Crippen LogP contribution in [0.3, 0.4) is 0 Å². The Morgan fingerprint density at radius 3 is 2.71 bits per heavy atom. The number of halogens is 2. The molecule has 172 valence electrons. The molecule has 1 aliphatic rings. The van der Waals surface area contributed by atoms with E-state index in [1.54, 1.807) is 46.5 Å². The van der Waals surface area contributed by atoms with E-state index in [1.807, 2.05) is 12.1 Å². The summed E-state index contributed by atoms with van der Waals surface area (Å²) in [6.07, 6.45) is 4.08. The summed E-state index contributed by atoms with van der Waals surface area (Å²) in [6, 6.07) is 9.03. The molecule has 0 N–H and O–H groups in total. The smallest absolute Gasteiger partial charge is 0.352 e. The highest BCUT2D eigenvalue weighted by atomic mass is 35.5. The summed E-state index contributed by atoms with van der Waals surface area (Å²) in [5.74, 6) is 0.450. The SMILES string of the molecule is CC1(C)Cc2c(sc3c2c2nc(-c4cccnc4)nn2c(=O)n3Cc2c(Cl)cccc2Cl)CO1. The minimum atomic E-state index is -0.322. The summed E-state index contributed by atoms with van der Waals surface area (Å²) in [7, 11) is 0. The van der Waals surface area contributed by atoms with Crippen LogP contribution in [0.5, 0.6) is 0 Å². The zero-order valence-corrected chi connectivity index (χ0v) is 20.7. The molecular weight excluding hydrogens is 493 g/mol. The zero-order valence-electron chi connectivity index (χ0n) is 18.4. The number of ether oxygens (including phenoxy) is 1. The van der Waals surface area contributed by atoms with E-state index in [0.29, 0.717) is 40.1 Å². The summed E-state index contributed by atoms with van der Waals surface area (Å²) in [6.45, 7) is 4.84. The summed E-state index contributed by atoms with van der Waals surface area (Å²) in [5.41, 5.74) is 2.48. The number of hydrogen-bond donors (Lipinski definition) is 0. The van der Waals surface area contributed by atoms with Gasteiger partial charge in [0.2, 0.25) is 0 Å². The maximum atomic E-state index is 13.8. The number of hydrogen-bond acceptors (Lipinski definition) is 6. The second-order valence-corrected chi connectivity index (χ2v) is 10.8. The molecule has 0 radical (unpaired) electrons. The fourth-order valence-electron chi connectivity index (χ4n) is 4.37. The molecule has 1 aliphatic heterocycles. The largest absolute Gasteiger partial charge is 0.370 e. The van der Waals surface area contributed by atoms with Crippen molar-refractivity contribution >= 4 is 50.4 Å². The molecule has 0 aliphatic carbocycles. The number of rotatable bonds is 3. The van der Waals surface area contributed by atoms with Gasteiger partial charge in [-0.25, -0.2) is 9.78 Å². The van der Waals surface area contributed by atoms with E-state index in [-0.39, 0.29) is 17.8 Å². The van der Waals surface area contributed by atoms with E-state index in [0.717, 1.165) is 26.2 Å². The van der Waals surface area contributed by atoms with Gasteiger partial charge in [0.25, 0.3) is 0 Å². The molecule has 0 fully saturated rings. The van der Waals surface area contributed by atoms with Crippen molar-refractivity contribution < 1.29 is 4.74 Å². The van der Waals surface area contributed by atoms with E-state index in [4.69, 9.17) is 32.9 Å². The molecule has 0 atom stereocenters. The number of benzene rings is 1. The van der Waals surface area contributed by atoms with Gasteiger partial charge >= 0.3 is 5.69 Å². The highest BCUT2D eigenvalue weighted by Crippen LogP contribution is 2.40. The molecule has 0 unspecified atom stereocenters. The summed E-state index contributed by atoms with van der Waals surface area (Å²) < 4.78 is 9.13. The Kier molecular flexibility index (Phi) is 5.04. The van der Waals surface area contributed by atoms with Gasteiger partial charge < -0.3 is 4.74 Å². The summed E-state index contributed by atoms with van der Waals surface area (Å²) in [5, 5.41) is 6.52. The molecule has 4 aromatic heterocycles. The Labute approximate surface area is 208 Å². The average molecular weight is 512 g/mol. The molecule has 1 aromatic carbocycles. The van der Waals surface area contributed by atoms with Crippen molar-refractivity contribution in [2.24, 2.45) is 0 Å². The van der Waals surface area contributed by atoms with Crippen LogP contribution >= 0.6 is 34.5 Å². The molecule has 0 bridgehead atoms. The van der Waals surface area contributed by atoms with Crippen molar-refractivity contribution in [2.75, 3.05) is 0 Å². The van der Waals surface area contributed by atoms with Gasteiger partial charge in [0.1, 0.15) is 4.83 Å². The van der Waals surface area contributed by atoms with Gasteiger partial charge in [-0.2, -0.15) is 4.52 Å². The number of fused-ring (bicyclic) bond motifs is 5. The lowest BCUT2D eigenvalue weighted by atomic mass is 9.94. The number of pyridine rings is 1. The Balaban J connectivity index is 1.68. The first kappa shape index (κ1) is 21.7. The first-order valence-corrected chi connectivity index (χ1v) is 12.3. The van der Waals surface area contributed by atoms with Gasteiger partial charge in [-0.15, -0.1) is 16.4 Å². The average Bonchev–Trinajstić information content (AvgIpc) is 3.40. The molecule has 34 heavy (non-hydrogen) atoms. The summed E-state index contributed by atoms with van der Waals surface area (Å²) in [4.78, 5) is 24.6. The molecule has 0 spiro atoms. The van der Waals surface area contributed by atoms with Crippen LogP contribution in [-0.2, 0) is 24.3 Å². The van der Waals surface area contributed by atoms with Crippen LogP contribution in [0.1, 0.15) is 29.9 Å². The molecular formula is C24H19Cl2N5O2S. The summed E-state index contributed by atoms with van der Waals surface area (Å²) >= 11 is 14.5. The van der Waals surface area contributed by atoms with Gasteiger partial charge in [0.05, 0.1) is 24.1 Å². The van der Waals surface area contributed by atoms with Crippen molar-refractivity contribution in [1.29, 1.82) is 0 Å². The fraction of sp³-hybridized carbons (Fsp3) is 0.250. The number of aromatic nitrogens is 5. The highest BCUT2D eigenvalue weighted by Gasteiger charge is 2.32. The van der Waals surface area contributed by atoms with E-state index < -0.39 is 0 Å². The first-order chi connectivity index (χ1) is 16.3. The maximum absolute atomic E-state index is 13.8.